The van der Waals surface area contributed by atoms with Crippen LogP contribution in [0.3, 0.4) is 0 Å². The van der Waals surface area contributed by atoms with Gasteiger partial charge in [0.2, 0.25) is 0 Å². The maximum Gasteiger partial charge on any atom is 0.271 e. The number of aryl methyl sites for hydroxylation is 1. The predicted molar refractivity (Wildman–Crippen MR) is 147 cm³/mol. The number of halogens is 1. The van der Waals surface area contributed by atoms with E-state index >= 15 is 0 Å². The largest absolute Gasteiger partial charge is 0.483 e. The third kappa shape index (κ3) is 4.43. The minimum absolute atomic E-state index is 0.0772. The van der Waals surface area contributed by atoms with Crippen molar-refractivity contribution in [2.75, 3.05) is 13.2 Å². The molecule has 2 aromatic carbocycles. The minimum atomic E-state index is -0.762. The summed E-state index contributed by atoms with van der Waals surface area (Å²) in [6.45, 7) is 6.76. The van der Waals surface area contributed by atoms with Gasteiger partial charge in [0, 0.05) is 28.3 Å². The predicted octanol–water partition coefficient (Wildman–Crippen LogP) is 5.29. The van der Waals surface area contributed by atoms with Crippen LogP contribution < -0.4 is 15.9 Å². The molecule has 3 aromatic heterocycles. The Morgan fingerprint density at radius 2 is 1.97 bits per heavy atom. The van der Waals surface area contributed by atoms with Gasteiger partial charge in [-0.25, -0.2) is 4.98 Å². The van der Waals surface area contributed by atoms with Gasteiger partial charge in [0.1, 0.15) is 22.6 Å². The van der Waals surface area contributed by atoms with Gasteiger partial charge in [-0.1, -0.05) is 11.6 Å². The number of hydrogen-bond donors (Lipinski definition) is 1. The highest BCUT2D eigenvalue weighted by atomic mass is 35.5. The molecule has 6 rings (SSSR count). The molecule has 1 fully saturated rings. The third-order valence-corrected chi connectivity index (χ3v) is 7.18. The Morgan fingerprint density at radius 3 is 2.69 bits per heavy atom. The first-order chi connectivity index (χ1) is 18.7. The molecule has 0 aliphatic carbocycles. The minimum Gasteiger partial charge on any atom is -0.483 e. The van der Waals surface area contributed by atoms with E-state index in [1.54, 1.807) is 26.0 Å². The van der Waals surface area contributed by atoms with Gasteiger partial charge in [-0.2, -0.15) is 5.10 Å². The van der Waals surface area contributed by atoms with Crippen LogP contribution in [0.2, 0.25) is 5.15 Å². The van der Waals surface area contributed by atoms with Crippen molar-refractivity contribution in [3.05, 3.63) is 86.4 Å². The van der Waals surface area contributed by atoms with Gasteiger partial charge >= 0.3 is 0 Å². The van der Waals surface area contributed by atoms with E-state index in [0.29, 0.717) is 41.1 Å². The molecule has 0 bridgehead atoms. The molecule has 1 atom stereocenters. The SMILES string of the molecule is Cc1cc(C(C)Oc2ccc(Cl)nc2C(N)=O)c2oc(-c3ccc4nn(C5COC5)cc4c3)c(C)c(=O)c2c1. The number of fused-ring (bicyclic) bond motifs is 2. The van der Waals surface area contributed by atoms with Crippen LogP contribution in [0.5, 0.6) is 5.75 Å². The fourth-order valence-corrected chi connectivity index (χ4v) is 4.99. The molecule has 1 aliphatic rings. The van der Waals surface area contributed by atoms with E-state index in [-0.39, 0.29) is 28.1 Å². The van der Waals surface area contributed by atoms with E-state index in [1.807, 2.05) is 42.1 Å². The summed E-state index contributed by atoms with van der Waals surface area (Å²) in [5.41, 5.74) is 9.33. The number of hydrogen-bond acceptors (Lipinski definition) is 7. The highest BCUT2D eigenvalue weighted by Crippen LogP contribution is 2.34. The van der Waals surface area contributed by atoms with Crippen molar-refractivity contribution in [3.63, 3.8) is 0 Å². The Labute approximate surface area is 228 Å². The maximum atomic E-state index is 13.6. The number of aromatic nitrogens is 3. The van der Waals surface area contributed by atoms with E-state index in [4.69, 9.17) is 31.2 Å². The maximum absolute atomic E-state index is 13.6. The lowest BCUT2D eigenvalue weighted by Gasteiger charge is -2.25. The number of ether oxygens (including phenoxy) is 2. The van der Waals surface area contributed by atoms with Crippen LogP contribution in [-0.4, -0.2) is 33.9 Å². The van der Waals surface area contributed by atoms with Crippen molar-refractivity contribution in [3.8, 4) is 17.1 Å². The zero-order valence-corrected chi connectivity index (χ0v) is 22.3. The van der Waals surface area contributed by atoms with Crippen molar-refractivity contribution in [2.24, 2.45) is 5.73 Å². The lowest BCUT2D eigenvalue weighted by atomic mass is 9.99. The zero-order chi connectivity index (χ0) is 27.4. The molecule has 39 heavy (non-hydrogen) atoms. The molecule has 0 spiro atoms. The molecule has 1 aliphatic heterocycles. The summed E-state index contributed by atoms with van der Waals surface area (Å²) >= 11 is 5.95. The van der Waals surface area contributed by atoms with Gasteiger partial charge in [-0.05, 0) is 68.8 Å². The lowest BCUT2D eigenvalue weighted by molar-refractivity contribution is -0.0283. The average Bonchev–Trinajstić information content (AvgIpc) is 3.28. The normalized spacial score (nSPS) is 14.5. The van der Waals surface area contributed by atoms with Gasteiger partial charge in [-0.15, -0.1) is 0 Å². The highest BCUT2D eigenvalue weighted by molar-refractivity contribution is 6.29. The molecule has 4 heterocycles. The molecule has 0 saturated carbocycles. The van der Waals surface area contributed by atoms with Crippen LogP contribution in [0.25, 0.3) is 33.2 Å². The Morgan fingerprint density at radius 1 is 1.18 bits per heavy atom. The Hall–Kier alpha value is -4.21. The molecular formula is C29H25ClN4O5. The van der Waals surface area contributed by atoms with Crippen molar-refractivity contribution in [1.82, 2.24) is 14.8 Å². The monoisotopic (exact) mass is 544 g/mol. The van der Waals surface area contributed by atoms with E-state index in [1.165, 1.54) is 6.07 Å². The summed E-state index contributed by atoms with van der Waals surface area (Å²) in [4.78, 5) is 29.5. The van der Waals surface area contributed by atoms with Gasteiger partial charge in [-0.3, -0.25) is 14.3 Å². The molecule has 2 N–H and O–H groups in total. The van der Waals surface area contributed by atoms with Crippen LogP contribution >= 0.6 is 11.6 Å². The van der Waals surface area contributed by atoms with E-state index < -0.39 is 12.0 Å². The van der Waals surface area contributed by atoms with Crippen LogP contribution in [0.4, 0.5) is 0 Å². The number of benzene rings is 2. The summed E-state index contributed by atoms with van der Waals surface area (Å²) < 4.78 is 19.8. The number of amides is 1. The van der Waals surface area contributed by atoms with Crippen molar-refractivity contribution in [1.29, 1.82) is 0 Å². The molecule has 1 unspecified atom stereocenters. The van der Waals surface area contributed by atoms with Gasteiger partial charge < -0.3 is 19.6 Å². The van der Waals surface area contributed by atoms with Crippen LogP contribution in [0, 0.1) is 13.8 Å². The fraction of sp³-hybridized carbons (Fsp3) is 0.241. The first-order valence-electron chi connectivity index (χ1n) is 12.5. The molecule has 9 nitrogen and oxygen atoms in total. The van der Waals surface area contributed by atoms with Gasteiger partial charge in [0.05, 0.1) is 30.2 Å². The summed E-state index contributed by atoms with van der Waals surface area (Å²) in [6.07, 6.45) is 1.37. The Bertz CT molecular complexity index is 1840. The molecule has 0 radical (unpaired) electrons. The Balaban J connectivity index is 1.46. The van der Waals surface area contributed by atoms with Crippen molar-refractivity contribution >= 4 is 39.4 Å². The van der Waals surface area contributed by atoms with Gasteiger partial charge in [0.15, 0.2) is 16.9 Å². The molecular weight excluding hydrogens is 520 g/mol. The number of nitrogens with zero attached hydrogens (tertiary/aromatic N) is 3. The van der Waals surface area contributed by atoms with E-state index in [9.17, 15) is 9.59 Å². The molecule has 1 amide bonds. The molecule has 198 valence electrons. The van der Waals surface area contributed by atoms with Gasteiger partial charge in [0.25, 0.3) is 5.91 Å². The second-order valence-electron chi connectivity index (χ2n) is 9.80. The van der Waals surface area contributed by atoms with Crippen LogP contribution in [0.1, 0.15) is 46.2 Å². The van der Waals surface area contributed by atoms with Crippen LogP contribution in [0.15, 0.2) is 57.9 Å². The summed E-state index contributed by atoms with van der Waals surface area (Å²) in [6, 6.07) is 12.8. The molecule has 10 heteroatoms. The standard InChI is InChI=1S/C29H25ClN4O5/c1-14-8-20(16(3)38-23-6-7-24(30)32-25(23)29(31)36)28-21(9-14)26(35)15(2)27(39-28)17-4-5-22-18(10-17)11-34(33-22)19-12-37-13-19/h4-11,16,19H,12-13H2,1-3H3,(H2,31,36). The van der Waals surface area contributed by atoms with E-state index in [2.05, 4.69) is 10.1 Å². The van der Waals surface area contributed by atoms with E-state index in [0.717, 1.165) is 22.0 Å². The number of pyridine rings is 1. The second-order valence-corrected chi connectivity index (χ2v) is 10.2. The Kier molecular flexibility index (Phi) is 6.12. The average molecular weight is 545 g/mol. The lowest BCUT2D eigenvalue weighted by Crippen LogP contribution is -2.30. The topological polar surface area (TPSA) is 122 Å². The number of carbonyl (C=O) groups is 1. The number of rotatable bonds is 6. The summed E-state index contributed by atoms with van der Waals surface area (Å²) in [5.74, 6) is -0.109. The smallest absolute Gasteiger partial charge is 0.271 e. The summed E-state index contributed by atoms with van der Waals surface area (Å²) in [7, 11) is 0. The first kappa shape index (κ1) is 25.1. The number of nitrogens with two attached hydrogens (primary N) is 1. The third-order valence-electron chi connectivity index (χ3n) is 6.97. The number of carbonyl (C=O) groups excluding carboxylic acids is 1. The molecule has 5 aromatic rings. The quantitative estimate of drug-likeness (QED) is 0.288. The second kappa shape index (κ2) is 9.52. The fourth-order valence-electron chi connectivity index (χ4n) is 4.84. The molecule has 1 saturated heterocycles. The first-order valence-corrected chi connectivity index (χ1v) is 12.9. The highest BCUT2D eigenvalue weighted by Gasteiger charge is 2.24. The number of primary amides is 1. The zero-order valence-electron chi connectivity index (χ0n) is 21.5. The van der Waals surface area contributed by atoms with Crippen LogP contribution in [-0.2, 0) is 4.74 Å². The van der Waals surface area contributed by atoms with Crippen molar-refractivity contribution in [2.45, 2.75) is 32.9 Å². The van der Waals surface area contributed by atoms with Crippen molar-refractivity contribution < 1.29 is 18.7 Å². The summed E-state index contributed by atoms with van der Waals surface area (Å²) in [5, 5.41) is 6.17.